The Bertz CT molecular complexity index is 367. The highest BCUT2D eigenvalue weighted by molar-refractivity contribution is 5.92. The van der Waals surface area contributed by atoms with Gasteiger partial charge in [-0.3, -0.25) is 4.79 Å². The predicted octanol–water partition coefficient (Wildman–Crippen LogP) is -0.725. The maximum atomic E-state index is 12.1. The number of hydrogen-bond donors (Lipinski definition) is 0. The van der Waals surface area contributed by atoms with Crippen LogP contribution in [0.1, 0.15) is 0 Å². The van der Waals surface area contributed by atoms with E-state index < -0.39 is 12.1 Å². The van der Waals surface area contributed by atoms with E-state index in [1.807, 2.05) is 0 Å². The summed E-state index contributed by atoms with van der Waals surface area (Å²) in [7, 11) is 1.28. The maximum Gasteiger partial charge on any atom is 0.336 e. The first-order chi connectivity index (χ1) is 8.72. The molecule has 0 radical (unpaired) electrons. The summed E-state index contributed by atoms with van der Waals surface area (Å²) in [4.78, 5) is 24.9. The first kappa shape index (κ1) is 12.7. The Morgan fingerprint density at radius 3 is 2.89 bits per heavy atom. The molecule has 100 valence electrons. The molecule has 2 heterocycles. The number of hydrogen-bond acceptors (Lipinski definition) is 6. The number of methoxy groups -OCH3 is 1. The van der Waals surface area contributed by atoms with E-state index in [-0.39, 0.29) is 18.2 Å². The van der Waals surface area contributed by atoms with Gasteiger partial charge in [0.1, 0.15) is 19.5 Å². The van der Waals surface area contributed by atoms with Crippen LogP contribution in [-0.2, 0) is 28.5 Å². The van der Waals surface area contributed by atoms with Gasteiger partial charge in [0.05, 0.1) is 20.3 Å². The van der Waals surface area contributed by atoms with Gasteiger partial charge >= 0.3 is 5.97 Å². The SMILES string of the molecule is COC(=O)C1CN(C(=O)C2=COCCO2)CCO1. The van der Waals surface area contributed by atoms with Crippen LogP contribution in [0.15, 0.2) is 12.0 Å². The topological polar surface area (TPSA) is 74.3 Å². The minimum Gasteiger partial charge on any atom is -0.494 e. The molecule has 0 aliphatic carbocycles. The zero-order valence-electron chi connectivity index (χ0n) is 10.1. The molecular formula is C11H15NO6. The number of amides is 1. The summed E-state index contributed by atoms with van der Waals surface area (Å²) in [5.74, 6) is -0.624. The third kappa shape index (κ3) is 2.73. The van der Waals surface area contributed by atoms with Crippen LogP contribution >= 0.6 is 0 Å². The quantitative estimate of drug-likeness (QED) is 0.607. The van der Waals surface area contributed by atoms with Crippen molar-refractivity contribution in [2.45, 2.75) is 6.10 Å². The maximum absolute atomic E-state index is 12.1. The van der Waals surface area contributed by atoms with E-state index in [0.717, 1.165) is 0 Å². The van der Waals surface area contributed by atoms with Gasteiger partial charge in [-0.15, -0.1) is 0 Å². The lowest BCUT2D eigenvalue weighted by Crippen LogP contribution is -2.49. The number of morpholine rings is 1. The highest BCUT2D eigenvalue weighted by Gasteiger charge is 2.32. The number of esters is 1. The van der Waals surface area contributed by atoms with Crippen molar-refractivity contribution in [2.24, 2.45) is 0 Å². The van der Waals surface area contributed by atoms with E-state index in [0.29, 0.717) is 26.4 Å². The Kier molecular flexibility index (Phi) is 4.03. The zero-order valence-corrected chi connectivity index (χ0v) is 10.1. The fourth-order valence-corrected chi connectivity index (χ4v) is 1.74. The van der Waals surface area contributed by atoms with Crippen molar-refractivity contribution in [3.8, 4) is 0 Å². The second-order valence-corrected chi connectivity index (χ2v) is 3.84. The lowest BCUT2D eigenvalue weighted by atomic mass is 10.2. The van der Waals surface area contributed by atoms with Crippen LogP contribution in [0, 0.1) is 0 Å². The average molecular weight is 257 g/mol. The van der Waals surface area contributed by atoms with Crippen LogP contribution < -0.4 is 0 Å². The van der Waals surface area contributed by atoms with Crippen molar-refractivity contribution in [1.29, 1.82) is 0 Å². The number of nitrogens with zero attached hydrogens (tertiary/aromatic N) is 1. The van der Waals surface area contributed by atoms with Gasteiger partial charge in [0.2, 0.25) is 5.76 Å². The molecular weight excluding hydrogens is 242 g/mol. The second kappa shape index (κ2) is 5.72. The smallest absolute Gasteiger partial charge is 0.336 e. The Morgan fingerprint density at radius 2 is 2.22 bits per heavy atom. The van der Waals surface area contributed by atoms with E-state index in [1.54, 1.807) is 0 Å². The highest BCUT2D eigenvalue weighted by atomic mass is 16.6. The second-order valence-electron chi connectivity index (χ2n) is 3.84. The first-order valence-electron chi connectivity index (χ1n) is 5.65. The third-order valence-electron chi connectivity index (χ3n) is 2.68. The molecule has 1 atom stereocenters. The van der Waals surface area contributed by atoms with Crippen molar-refractivity contribution >= 4 is 11.9 Å². The van der Waals surface area contributed by atoms with Crippen molar-refractivity contribution < 1.29 is 28.5 Å². The first-order valence-corrected chi connectivity index (χ1v) is 5.65. The largest absolute Gasteiger partial charge is 0.494 e. The molecule has 0 saturated carbocycles. The summed E-state index contributed by atoms with van der Waals surface area (Å²) in [6, 6.07) is 0. The summed E-state index contributed by atoms with van der Waals surface area (Å²) in [6.45, 7) is 1.64. The summed E-state index contributed by atoms with van der Waals surface area (Å²) in [5, 5.41) is 0. The molecule has 2 aliphatic rings. The van der Waals surface area contributed by atoms with Crippen LogP contribution in [0.3, 0.4) is 0 Å². The van der Waals surface area contributed by atoms with Crippen molar-refractivity contribution in [2.75, 3.05) is 40.0 Å². The Balaban J connectivity index is 1.97. The summed E-state index contributed by atoms with van der Waals surface area (Å²) >= 11 is 0. The summed E-state index contributed by atoms with van der Waals surface area (Å²) in [6.07, 6.45) is 0.562. The van der Waals surface area contributed by atoms with Gasteiger partial charge < -0.3 is 23.8 Å². The van der Waals surface area contributed by atoms with Gasteiger partial charge in [-0.05, 0) is 0 Å². The Hall–Kier alpha value is -1.76. The molecule has 1 fully saturated rings. The van der Waals surface area contributed by atoms with Gasteiger partial charge in [0.15, 0.2) is 6.10 Å². The lowest BCUT2D eigenvalue weighted by Gasteiger charge is -2.32. The molecule has 2 rings (SSSR count). The standard InChI is InChI=1S/C11H15NO6/c1-15-11(14)8-6-12(2-3-17-8)10(13)9-7-16-4-5-18-9/h7-8H,2-6H2,1H3. The minimum absolute atomic E-state index is 0.159. The molecule has 0 bridgehead atoms. The molecule has 7 heteroatoms. The van der Waals surface area contributed by atoms with Crippen molar-refractivity contribution in [1.82, 2.24) is 4.90 Å². The van der Waals surface area contributed by atoms with Crippen molar-refractivity contribution in [3.63, 3.8) is 0 Å². The summed E-state index contributed by atoms with van der Waals surface area (Å²) < 4.78 is 20.1. The van der Waals surface area contributed by atoms with E-state index in [2.05, 4.69) is 4.74 Å². The van der Waals surface area contributed by atoms with E-state index in [1.165, 1.54) is 18.3 Å². The molecule has 1 unspecified atom stereocenters. The van der Waals surface area contributed by atoms with E-state index in [4.69, 9.17) is 14.2 Å². The Morgan fingerprint density at radius 1 is 1.39 bits per heavy atom. The molecule has 0 aromatic rings. The van der Waals surface area contributed by atoms with Crippen LogP contribution in [0.2, 0.25) is 0 Å². The number of ether oxygens (including phenoxy) is 4. The number of carbonyl (C=O) groups is 2. The van der Waals surface area contributed by atoms with Gasteiger partial charge in [-0.25, -0.2) is 4.79 Å². The van der Waals surface area contributed by atoms with Crippen molar-refractivity contribution in [3.05, 3.63) is 12.0 Å². The van der Waals surface area contributed by atoms with Crippen LogP contribution in [0.5, 0.6) is 0 Å². The molecule has 1 amide bonds. The molecule has 7 nitrogen and oxygen atoms in total. The van der Waals surface area contributed by atoms with Gasteiger partial charge in [-0.1, -0.05) is 0 Å². The number of rotatable bonds is 2. The van der Waals surface area contributed by atoms with Crippen LogP contribution in [0.4, 0.5) is 0 Å². The molecule has 0 aromatic carbocycles. The van der Waals surface area contributed by atoms with Crippen LogP contribution in [-0.4, -0.2) is 62.9 Å². The van der Waals surface area contributed by atoms with E-state index in [9.17, 15) is 9.59 Å². The monoisotopic (exact) mass is 257 g/mol. The fraction of sp³-hybridized carbons (Fsp3) is 0.636. The van der Waals surface area contributed by atoms with Gasteiger partial charge in [0, 0.05) is 6.54 Å². The molecule has 0 spiro atoms. The molecule has 1 saturated heterocycles. The van der Waals surface area contributed by atoms with Gasteiger partial charge in [0.25, 0.3) is 5.91 Å². The molecule has 18 heavy (non-hydrogen) atoms. The lowest BCUT2D eigenvalue weighted by molar-refractivity contribution is -0.162. The zero-order chi connectivity index (χ0) is 13.0. The molecule has 0 aromatic heterocycles. The normalized spacial score (nSPS) is 23.5. The van der Waals surface area contributed by atoms with Gasteiger partial charge in [-0.2, -0.15) is 0 Å². The molecule has 2 aliphatic heterocycles. The highest BCUT2D eigenvalue weighted by Crippen LogP contribution is 2.13. The summed E-state index contributed by atoms with van der Waals surface area (Å²) in [5.41, 5.74) is 0. The fourth-order valence-electron chi connectivity index (χ4n) is 1.74. The van der Waals surface area contributed by atoms with E-state index >= 15 is 0 Å². The Labute approximate surface area is 104 Å². The number of carbonyl (C=O) groups excluding carboxylic acids is 2. The minimum atomic E-state index is -0.738. The molecule has 0 N–H and O–H groups in total. The average Bonchev–Trinajstić information content (AvgIpc) is 2.46. The predicted molar refractivity (Wildman–Crippen MR) is 58.3 cm³/mol. The third-order valence-corrected chi connectivity index (χ3v) is 2.68. The van der Waals surface area contributed by atoms with Crippen LogP contribution in [0.25, 0.3) is 0 Å².